The molecule has 0 unspecified atom stereocenters. The van der Waals surface area contributed by atoms with E-state index < -0.39 is 21.7 Å². The highest BCUT2D eigenvalue weighted by Gasteiger charge is 2.22. The van der Waals surface area contributed by atoms with Crippen molar-refractivity contribution in [2.24, 2.45) is 0 Å². The van der Waals surface area contributed by atoms with Crippen LogP contribution < -0.4 is 10.1 Å². The Balaban J connectivity index is 1.74. The van der Waals surface area contributed by atoms with Crippen molar-refractivity contribution in [1.29, 1.82) is 0 Å². The summed E-state index contributed by atoms with van der Waals surface area (Å²) in [7, 11) is -2.60. The van der Waals surface area contributed by atoms with Crippen LogP contribution in [0.15, 0.2) is 71.8 Å². The molecule has 0 atom stereocenters. The van der Waals surface area contributed by atoms with Gasteiger partial charge in [0.05, 0.1) is 34.3 Å². The van der Waals surface area contributed by atoms with Crippen LogP contribution in [0, 0.1) is 5.82 Å². The summed E-state index contributed by atoms with van der Waals surface area (Å²) in [6.07, 6.45) is 1.40. The zero-order chi connectivity index (χ0) is 22.2. The highest BCUT2D eigenvalue weighted by atomic mass is 35.5. The number of nitrogens with one attached hydrogen (secondary N) is 1. The third-order valence-corrected chi connectivity index (χ3v) is 6.46. The first-order valence-corrected chi connectivity index (χ1v) is 10.8. The molecule has 4 rings (SSSR count). The Morgan fingerprint density at radius 1 is 1.13 bits per heavy atom. The summed E-state index contributed by atoms with van der Waals surface area (Å²) < 4.78 is 46.2. The van der Waals surface area contributed by atoms with E-state index in [1.807, 2.05) is 0 Å². The molecule has 10 heteroatoms. The molecule has 158 valence electrons. The minimum absolute atomic E-state index is 0.00979. The molecule has 0 aliphatic rings. The Bertz CT molecular complexity index is 1400. The van der Waals surface area contributed by atoms with Crippen molar-refractivity contribution >= 4 is 44.1 Å². The molecule has 1 amide bonds. The van der Waals surface area contributed by atoms with Gasteiger partial charge in [0.2, 0.25) is 0 Å². The van der Waals surface area contributed by atoms with Gasteiger partial charge in [-0.1, -0.05) is 23.7 Å². The second-order valence-corrected chi connectivity index (χ2v) is 8.67. The fourth-order valence-corrected chi connectivity index (χ4v) is 4.59. The van der Waals surface area contributed by atoms with Gasteiger partial charge in [0.15, 0.2) is 0 Å². The van der Waals surface area contributed by atoms with Crippen molar-refractivity contribution in [2.75, 3.05) is 12.4 Å². The first-order chi connectivity index (χ1) is 14.8. The summed E-state index contributed by atoms with van der Waals surface area (Å²) in [6.45, 7) is 0. The molecule has 0 aliphatic heterocycles. The zero-order valence-corrected chi connectivity index (χ0v) is 17.6. The summed E-state index contributed by atoms with van der Waals surface area (Å²) in [5.41, 5.74) is 0.182. The van der Waals surface area contributed by atoms with E-state index in [0.29, 0.717) is 11.1 Å². The molecule has 31 heavy (non-hydrogen) atoms. The average molecular weight is 460 g/mol. The van der Waals surface area contributed by atoms with Gasteiger partial charge < -0.3 is 10.1 Å². The van der Waals surface area contributed by atoms with Gasteiger partial charge in [-0.05, 0) is 42.5 Å². The van der Waals surface area contributed by atoms with Crippen LogP contribution >= 0.6 is 11.6 Å². The maximum Gasteiger partial charge on any atom is 0.283 e. The predicted octanol–water partition coefficient (Wildman–Crippen LogP) is 4.33. The van der Waals surface area contributed by atoms with Crippen LogP contribution in [-0.2, 0) is 10.0 Å². The topological polar surface area (TPSA) is 90.3 Å². The fraction of sp³-hybridized carbons (Fsp3) is 0.0476. The highest BCUT2D eigenvalue weighted by Crippen LogP contribution is 2.26. The Labute approximate surface area is 182 Å². The Morgan fingerprint density at radius 3 is 2.65 bits per heavy atom. The van der Waals surface area contributed by atoms with E-state index in [9.17, 15) is 17.6 Å². The molecule has 0 fully saturated rings. The lowest BCUT2D eigenvalue weighted by atomic mass is 10.2. The number of fused-ring (bicyclic) bond motifs is 1. The van der Waals surface area contributed by atoms with Gasteiger partial charge in [-0.25, -0.2) is 4.39 Å². The molecule has 0 saturated heterocycles. The quantitative estimate of drug-likeness (QED) is 0.480. The van der Waals surface area contributed by atoms with Crippen molar-refractivity contribution in [3.63, 3.8) is 0 Å². The average Bonchev–Trinajstić information content (AvgIpc) is 3.18. The fourth-order valence-electron chi connectivity index (χ4n) is 3.03. The Hall–Kier alpha value is -3.43. The van der Waals surface area contributed by atoms with Crippen LogP contribution in [0.25, 0.3) is 10.9 Å². The number of carbonyl (C=O) groups is 1. The van der Waals surface area contributed by atoms with Crippen molar-refractivity contribution in [2.45, 2.75) is 4.90 Å². The number of rotatable bonds is 5. The lowest BCUT2D eigenvalue weighted by Gasteiger charge is -2.10. The van der Waals surface area contributed by atoms with Gasteiger partial charge >= 0.3 is 0 Å². The normalized spacial score (nSPS) is 11.5. The van der Waals surface area contributed by atoms with Gasteiger partial charge in [-0.2, -0.15) is 17.6 Å². The van der Waals surface area contributed by atoms with Crippen LogP contribution in [0.4, 0.5) is 10.1 Å². The lowest BCUT2D eigenvalue weighted by Crippen LogP contribution is -2.16. The van der Waals surface area contributed by atoms with E-state index in [-0.39, 0.29) is 26.7 Å². The molecule has 0 aliphatic carbocycles. The van der Waals surface area contributed by atoms with Crippen LogP contribution in [-0.4, -0.2) is 30.6 Å². The number of benzene rings is 3. The number of nitrogens with zero attached hydrogens (tertiary/aromatic N) is 2. The third kappa shape index (κ3) is 3.85. The zero-order valence-electron chi connectivity index (χ0n) is 16.0. The predicted molar refractivity (Wildman–Crippen MR) is 115 cm³/mol. The molecular formula is C21H15ClFN3O4S. The number of ether oxygens (including phenoxy) is 1. The molecule has 0 bridgehead atoms. The van der Waals surface area contributed by atoms with Crippen molar-refractivity contribution in [3.05, 3.63) is 83.3 Å². The lowest BCUT2D eigenvalue weighted by molar-refractivity contribution is 0.102. The van der Waals surface area contributed by atoms with Crippen molar-refractivity contribution < 1.29 is 22.3 Å². The van der Waals surface area contributed by atoms with E-state index in [4.69, 9.17) is 16.3 Å². The van der Waals surface area contributed by atoms with Gasteiger partial charge in [0.1, 0.15) is 11.6 Å². The monoisotopic (exact) mass is 459 g/mol. The van der Waals surface area contributed by atoms with E-state index in [0.717, 1.165) is 10.2 Å². The molecule has 1 heterocycles. The standard InChI is InChI=1S/C21H15ClFN3O4S/c1-30-15-4-2-5-16(11-15)31(28,29)26-19-10-14(9-8-13(19)12-24-26)25-21(27)20-17(22)6-3-7-18(20)23/h2-12H,1H3,(H,25,27). The molecule has 0 spiro atoms. The second kappa shape index (κ2) is 8.01. The first kappa shape index (κ1) is 20.8. The first-order valence-electron chi connectivity index (χ1n) is 8.94. The maximum absolute atomic E-state index is 14.0. The molecular weight excluding hydrogens is 445 g/mol. The SMILES string of the molecule is COc1cccc(S(=O)(=O)n2ncc3ccc(NC(=O)c4c(F)cccc4Cl)cc32)c1. The minimum Gasteiger partial charge on any atom is -0.497 e. The van der Waals surface area contributed by atoms with Gasteiger partial charge in [-0.15, -0.1) is 0 Å². The van der Waals surface area contributed by atoms with Gasteiger partial charge in [-0.3, -0.25) is 4.79 Å². The summed E-state index contributed by atoms with van der Waals surface area (Å²) in [6, 6.07) is 14.5. The number of methoxy groups -OCH3 is 1. The number of hydrogen-bond acceptors (Lipinski definition) is 5. The van der Waals surface area contributed by atoms with Gasteiger partial charge in [0, 0.05) is 17.1 Å². The molecule has 7 nitrogen and oxygen atoms in total. The maximum atomic E-state index is 14.0. The number of halogens is 2. The van der Waals surface area contributed by atoms with E-state index >= 15 is 0 Å². The van der Waals surface area contributed by atoms with Crippen LogP contribution in [0.5, 0.6) is 5.75 Å². The third-order valence-electron chi connectivity index (χ3n) is 4.55. The van der Waals surface area contributed by atoms with Crippen LogP contribution in [0.1, 0.15) is 10.4 Å². The molecule has 3 aromatic carbocycles. The summed E-state index contributed by atoms with van der Waals surface area (Å²) in [5.74, 6) is -1.15. The van der Waals surface area contributed by atoms with E-state index in [1.165, 1.54) is 43.6 Å². The number of amides is 1. The van der Waals surface area contributed by atoms with Crippen molar-refractivity contribution in [1.82, 2.24) is 9.19 Å². The smallest absolute Gasteiger partial charge is 0.283 e. The number of hydrogen-bond donors (Lipinski definition) is 1. The largest absolute Gasteiger partial charge is 0.497 e. The Morgan fingerprint density at radius 2 is 1.90 bits per heavy atom. The van der Waals surface area contributed by atoms with Crippen molar-refractivity contribution in [3.8, 4) is 5.75 Å². The minimum atomic E-state index is -4.03. The number of aromatic nitrogens is 2. The van der Waals surface area contributed by atoms with E-state index in [2.05, 4.69) is 10.4 Å². The number of anilines is 1. The van der Waals surface area contributed by atoms with Crippen LogP contribution in [0.2, 0.25) is 5.02 Å². The molecule has 4 aromatic rings. The molecule has 1 N–H and O–H groups in total. The molecule has 0 radical (unpaired) electrons. The molecule has 1 aromatic heterocycles. The van der Waals surface area contributed by atoms with E-state index in [1.54, 1.807) is 24.3 Å². The summed E-state index contributed by atoms with van der Waals surface area (Å²) in [5, 5.41) is 7.04. The van der Waals surface area contributed by atoms with Gasteiger partial charge in [0.25, 0.3) is 15.9 Å². The second-order valence-electron chi connectivity index (χ2n) is 6.50. The van der Waals surface area contributed by atoms with Crippen LogP contribution in [0.3, 0.4) is 0 Å². The highest BCUT2D eigenvalue weighted by molar-refractivity contribution is 7.90. The molecule has 0 saturated carbocycles. The summed E-state index contributed by atoms with van der Waals surface area (Å²) >= 11 is 5.94. The summed E-state index contributed by atoms with van der Waals surface area (Å²) in [4.78, 5) is 12.5. The number of carbonyl (C=O) groups excluding carboxylic acids is 1. The Kier molecular flexibility index (Phi) is 5.38.